The minimum atomic E-state index is -0.419. The third-order valence-electron chi connectivity index (χ3n) is 1.82. The molecule has 16 heavy (non-hydrogen) atoms. The average Bonchev–Trinajstić information content (AvgIpc) is 2.85. The highest BCUT2D eigenvalue weighted by Gasteiger charge is 2.08. The van der Waals surface area contributed by atoms with Crippen LogP contribution >= 0.6 is 11.3 Å². The molecule has 3 N–H and O–H groups in total. The minimum absolute atomic E-state index is 0.0934. The molecule has 0 aromatic carbocycles. The van der Waals surface area contributed by atoms with E-state index in [0.717, 1.165) is 5.56 Å². The van der Waals surface area contributed by atoms with E-state index in [2.05, 4.69) is 15.5 Å². The van der Waals surface area contributed by atoms with Crippen molar-refractivity contribution in [3.05, 3.63) is 22.7 Å². The molecule has 0 unspecified atom stereocenters. The van der Waals surface area contributed by atoms with Crippen molar-refractivity contribution in [2.75, 3.05) is 6.54 Å². The lowest BCUT2D eigenvalue weighted by Gasteiger charge is -1.95. The van der Waals surface area contributed by atoms with E-state index in [1.54, 1.807) is 11.3 Å². The highest BCUT2D eigenvalue weighted by molar-refractivity contribution is 7.08. The Hall–Kier alpha value is -1.73. The fourth-order valence-corrected chi connectivity index (χ4v) is 1.76. The number of rotatable bonds is 5. The van der Waals surface area contributed by atoms with Gasteiger partial charge >= 0.3 is 0 Å². The normalized spacial score (nSPS) is 10.5. The van der Waals surface area contributed by atoms with Crippen LogP contribution in [0.25, 0.3) is 11.4 Å². The Morgan fingerprint density at radius 1 is 1.62 bits per heavy atom. The summed E-state index contributed by atoms with van der Waals surface area (Å²) >= 11 is 1.57. The van der Waals surface area contributed by atoms with Crippen LogP contribution in [0.15, 0.2) is 21.3 Å². The molecule has 0 spiro atoms. The molecule has 0 aliphatic carbocycles. The van der Waals surface area contributed by atoms with Crippen LogP contribution in [0.5, 0.6) is 0 Å². The molecule has 0 aliphatic heterocycles. The number of nitrogens with zero attached hydrogens (tertiary/aromatic N) is 2. The van der Waals surface area contributed by atoms with Crippen LogP contribution in [0, 0.1) is 0 Å². The summed E-state index contributed by atoms with van der Waals surface area (Å²) in [5.41, 5.74) is 5.90. The Morgan fingerprint density at radius 2 is 2.50 bits per heavy atom. The number of nitrogens with two attached hydrogens (primary N) is 1. The lowest BCUT2D eigenvalue weighted by atomic mass is 10.3. The number of primary amides is 1. The van der Waals surface area contributed by atoms with Gasteiger partial charge in [0.05, 0.1) is 13.1 Å². The smallest absolute Gasteiger partial charge is 0.240 e. The second-order valence-electron chi connectivity index (χ2n) is 3.09. The highest BCUT2D eigenvalue weighted by Crippen LogP contribution is 2.18. The van der Waals surface area contributed by atoms with E-state index in [1.807, 2.05) is 16.8 Å². The first-order valence-electron chi connectivity index (χ1n) is 4.60. The summed E-state index contributed by atoms with van der Waals surface area (Å²) in [7, 11) is 0. The Morgan fingerprint density at radius 3 is 3.19 bits per heavy atom. The van der Waals surface area contributed by atoms with E-state index >= 15 is 0 Å². The molecular weight excluding hydrogens is 228 g/mol. The molecule has 6 nitrogen and oxygen atoms in total. The molecule has 0 saturated heterocycles. The van der Waals surface area contributed by atoms with Gasteiger partial charge in [0.25, 0.3) is 0 Å². The molecular formula is C9H10N4O2S. The van der Waals surface area contributed by atoms with Crippen molar-refractivity contribution >= 4 is 17.2 Å². The molecule has 0 bridgehead atoms. The minimum Gasteiger partial charge on any atom is -0.369 e. The van der Waals surface area contributed by atoms with Crippen molar-refractivity contribution in [1.82, 2.24) is 15.5 Å². The number of amides is 1. The summed E-state index contributed by atoms with van der Waals surface area (Å²) in [6.07, 6.45) is 0. The van der Waals surface area contributed by atoms with E-state index in [0.29, 0.717) is 18.3 Å². The van der Waals surface area contributed by atoms with Gasteiger partial charge in [-0.15, -0.1) is 0 Å². The van der Waals surface area contributed by atoms with Gasteiger partial charge in [0.15, 0.2) is 0 Å². The predicted molar refractivity (Wildman–Crippen MR) is 58.5 cm³/mol. The monoisotopic (exact) mass is 238 g/mol. The first-order valence-corrected chi connectivity index (χ1v) is 5.54. The van der Waals surface area contributed by atoms with Gasteiger partial charge in [-0.05, 0) is 11.4 Å². The van der Waals surface area contributed by atoms with E-state index in [4.69, 9.17) is 10.3 Å². The SMILES string of the molecule is NC(=O)CNCc1nc(-c2ccsc2)no1. The quantitative estimate of drug-likeness (QED) is 0.785. The topological polar surface area (TPSA) is 94.0 Å². The summed E-state index contributed by atoms with van der Waals surface area (Å²) < 4.78 is 5.00. The van der Waals surface area contributed by atoms with Gasteiger partial charge in [-0.25, -0.2) is 0 Å². The maximum atomic E-state index is 10.5. The van der Waals surface area contributed by atoms with Gasteiger partial charge in [0, 0.05) is 10.9 Å². The zero-order chi connectivity index (χ0) is 11.4. The number of hydrogen-bond donors (Lipinski definition) is 2. The molecule has 84 valence electrons. The van der Waals surface area contributed by atoms with Crippen LogP contribution in [0.2, 0.25) is 0 Å². The lowest BCUT2D eigenvalue weighted by Crippen LogP contribution is -2.28. The van der Waals surface area contributed by atoms with Gasteiger partial charge in [-0.3, -0.25) is 10.1 Å². The number of hydrogen-bond acceptors (Lipinski definition) is 6. The number of nitrogens with one attached hydrogen (secondary N) is 1. The first kappa shape index (κ1) is 10.8. The zero-order valence-corrected chi connectivity index (χ0v) is 9.16. The summed E-state index contributed by atoms with van der Waals surface area (Å²) in [6.45, 7) is 0.427. The molecule has 0 radical (unpaired) electrons. The van der Waals surface area contributed by atoms with Gasteiger partial charge in [-0.1, -0.05) is 5.16 Å². The van der Waals surface area contributed by atoms with E-state index < -0.39 is 5.91 Å². The summed E-state index contributed by atoms with van der Waals surface area (Å²) in [4.78, 5) is 14.6. The van der Waals surface area contributed by atoms with E-state index in [1.165, 1.54) is 0 Å². The Labute approximate surface area is 95.5 Å². The lowest BCUT2D eigenvalue weighted by molar-refractivity contribution is -0.117. The van der Waals surface area contributed by atoms with Crippen molar-refractivity contribution in [1.29, 1.82) is 0 Å². The van der Waals surface area contributed by atoms with Crippen molar-refractivity contribution in [3.8, 4) is 11.4 Å². The van der Waals surface area contributed by atoms with Crippen LogP contribution in [0.3, 0.4) is 0 Å². The number of thiophene rings is 1. The van der Waals surface area contributed by atoms with Gasteiger partial charge in [0.1, 0.15) is 0 Å². The van der Waals surface area contributed by atoms with Crippen molar-refractivity contribution in [2.24, 2.45) is 5.73 Å². The Kier molecular flexibility index (Phi) is 3.28. The molecule has 2 heterocycles. The average molecular weight is 238 g/mol. The van der Waals surface area contributed by atoms with E-state index in [-0.39, 0.29) is 6.54 Å². The summed E-state index contributed by atoms with van der Waals surface area (Å²) in [5.74, 6) is 0.567. The van der Waals surface area contributed by atoms with Crippen molar-refractivity contribution in [3.63, 3.8) is 0 Å². The standard InChI is InChI=1S/C9H10N4O2S/c10-7(14)3-11-4-8-12-9(13-15-8)6-1-2-16-5-6/h1-2,5,11H,3-4H2,(H2,10,14). The third kappa shape index (κ3) is 2.65. The molecule has 0 atom stereocenters. The van der Waals surface area contributed by atoms with Crippen LogP contribution in [0.1, 0.15) is 5.89 Å². The molecule has 0 fully saturated rings. The molecule has 0 aliphatic rings. The van der Waals surface area contributed by atoms with Crippen molar-refractivity contribution < 1.29 is 9.32 Å². The predicted octanol–water partition coefficient (Wildman–Crippen LogP) is 0.373. The number of carbonyl (C=O) groups is 1. The van der Waals surface area contributed by atoms with E-state index in [9.17, 15) is 4.79 Å². The summed E-state index contributed by atoms with van der Waals surface area (Å²) in [5, 5.41) is 10.5. The van der Waals surface area contributed by atoms with Gasteiger partial charge < -0.3 is 10.3 Å². The number of carbonyl (C=O) groups excluding carboxylic acids is 1. The molecule has 7 heteroatoms. The molecule has 2 rings (SSSR count). The Balaban J connectivity index is 1.95. The summed E-state index contributed by atoms with van der Waals surface area (Å²) in [6, 6.07) is 1.91. The van der Waals surface area contributed by atoms with Gasteiger partial charge in [0.2, 0.25) is 17.6 Å². The van der Waals surface area contributed by atoms with Crippen LogP contribution in [-0.4, -0.2) is 22.6 Å². The molecule has 0 saturated carbocycles. The molecule has 2 aromatic rings. The zero-order valence-electron chi connectivity index (χ0n) is 8.34. The second kappa shape index (κ2) is 4.86. The second-order valence-corrected chi connectivity index (χ2v) is 3.87. The largest absolute Gasteiger partial charge is 0.369 e. The first-order chi connectivity index (χ1) is 7.75. The van der Waals surface area contributed by atoms with Crippen LogP contribution in [-0.2, 0) is 11.3 Å². The highest BCUT2D eigenvalue weighted by atomic mass is 32.1. The third-order valence-corrected chi connectivity index (χ3v) is 2.51. The Bertz CT molecular complexity index is 466. The molecule has 1 amide bonds. The van der Waals surface area contributed by atoms with Crippen molar-refractivity contribution in [2.45, 2.75) is 6.54 Å². The maximum Gasteiger partial charge on any atom is 0.240 e. The fourth-order valence-electron chi connectivity index (χ4n) is 1.13. The van der Waals surface area contributed by atoms with Crippen LogP contribution < -0.4 is 11.1 Å². The molecule has 2 aromatic heterocycles. The van der Waals surface area contributed by atoms with Gasteiger partial charge in [-0.2, -0.15) is 16.3 Å². The number of aromatic nitrogens is 2. The fraction of sp³-hybridized carbons (Fsp3) is 0.222. The maximum absolute atomic E-state index is 10.5. The van der Waals surface area contributed by atoms with Crippen LogP contribution in [0.4, 0.5) is 0 Å².